The lowest BCUT2D eigenvalue weighted by molar-refractivity contribution is -0.306. The summed E-state index contributed by atoms with van der Waals surface area (Å²) in [6, 6.07) is 0. The summed E-state index contributed by atoms with van der Waals surface area (Å²) in [5.74, 6) is 0.625. The van der Waals surface area contributed by atoms with E-state index in [2.05, 4.69) is 0 Å². The number of carboxylic acid groups (broad SMARTS) is 1. The highest BCUT2D eigenvalue weighted by molar-refractivity contribution is 6.24. The molecule has 90 valence electrons. The number of rotatable bonds is 3. The zero-order chi connectivity index (χ0) is 11.4. The van der Waals surface area contributed by atoms with E-state index in [0.717, 1.165) is 37.5 Å². The third-order valence-electron chi connectivity index (χ3n) is 4.97. The van der Waals surface area contributed by atoms with Crippen molar-refractivity contribution in [1.82, 2.24) is 0 Å². The lowest BCUT2D eigenvalue weighted by Crippen LogP contribution is -2.53. The molecular formula is C13H18ClO2-. The fourth-order valence-corrected chi connectivity index (χ4v) is 5.72. The van der Waals surface area contributed by atoms with Crippen LogP contribution in [-0.2, 0) is 4.79 Å². The summed E-state index contributed by atoms with van der Waals surface area (Å²) in [7, 11) is 0. The van der Waals surface area contributed by atoms with E-state index in [1.165, 1.54) is 19.3 Å². The molecule has 4 aliphatic carbocycles. The fourth-order valence-electron chi connectivity index (χ4n) is 5.00. The van der Waals surface area contributed by atoms with Crippen molar-refractivity contribution in [2.75, 3.05) is 0 Å². The highest BCUT2D eigenvalue weighted by Gasteiger charge is 2.56. The molecule has 4 fully saturated rings. The van der Waals surface area contributed by atoms with Crippen LogP contribution in [0.1, 0.15) is 51.4 Å². The van der Waals surface area contributed by atoms with Gasteiger partial charge in [-0.3, -0.25) is 0 Å². The molecule has 0 radical (unpaired) electrons. The second-order valence-electron chi connectivity index (χ2n) is 6.48. The number of carbonyl (C=O) groups is 1. The normalized spacial score (nSPS) is 49.6. The first-order valence-electron chi connectivity index (χ1n) is 6.38. The van der Waals surface area contributed by atoms with Gasteiger partial charge in [0.25, 0.3) is 0 Å². The van der Waals surface area contributed by atoms with Gasteiger partial charge in [0.05, 0.1) is 0 Å². The van der Waals surface area contributed by atoms with Gasteiger partial charge in [-0.25, -0.2) is 0 Å². The molecule has 0 aromatic carbocycles. The van der Waals surface area contributed by atoms with Crippen molar-refractivity contribution in [3.8, 4) is 0 Å². The molecule has 4 bridgehead atoms. The van der Waals surface area contributed by atoms with Crippen LogP contribution < -0.4 is 5.11 Å². The number of aliphatic carboxylic acids is 1. The molecule has 4 saturated carbocycles. The van der Waals surface area contributed by atoms with Gasteiger partial charge in [-0.2, -0.15) is 0 Å². The van der Waals surface area contributed by atoms with Crippen molar-refractivity contribution < 1.29 is 9.90 Å². The van der Waals surface area contributed by atoms with E-state index < -0.39 is 5.97 Å². The van der Waals surface area contributed by atoms with E-state index in [4.69, 9.17) is 11.6 Å². The van der Waals surface area contributed by atoms with Crippen molar-refractivity contribution >= 4 is 17.6 Å². The standard InChI is InChI=1S/C13H19ClO2/c14-13-6-9-3-10(7-13)5-12(4-9,8-13)2-1-11(15)16/h9-10H,1-8H2,(H,15,16)/p-1/t9-,10+,12?,13?. The molecule has 0 saturated heterocycles. The van der Waals surface area contributed by atoms with Gasteiger partial charge in [0.15, 0.2) is 0 Å². The zero-order valence-corrected chi connectivity index (χ0v) is 10.3. The number of carboxylic acids is 1. The Morgan fingerprint density at radius 2 is 1.88 bits per heavy atom. The topological polar surface area (TPSA) is 40.1 Å². The van der Waals surface area contributed by atoms with Crippen molar-refractivity contribution in [3.05, 3.63) is 0 Å². The van der Waals surface area contributed by atoms with Gasteiger partial charge in [-0.05, 0) is 68.6 Å². The third-order valence-corrected chi connectivity index (χ3v) is 5.41. The summed E-state index contributed by atoms with van der Waals surface area (Å²) in [6.07, 6.45) is 8.14. The largest absolute Gasteiger partial charge is 0.550 e. The molecule has 4 atom stereocenters. The van der Waals surface area contributed by atoms with E-state index in [-0.39, 0.29) is 16.7 Å². The number of alkyl halides is 1. The molecular weight excluding hydrogens is 224 g/mol. The highest BCUT2D eigenvalue weighted by atomic mass is 35.5. The summed E-state index contributed by atoms with van der Waals surface area (Å²) in [5.41, 5.74) is 0.242. The van der Waals surface area contributed by atoms with E-state index in [9.17, 15) is 9.90 Å². The van der Waals surface area contributed by atoms with Crippen LogP contribution in [0.5, 0.6) is 0 Å². The van der Waals surface area contributed by atoms with Crippen LogP contribution in [0.2, 0.25) is 0 Å². The summed E-state index contributed by atoms with van der Waals surface area (Å²) in [4.78, 5) is 10.6. The van der Waals surface area contributed by atoms with Crippen LogP contribution in [0.25, 0.3) is 0 Å². The van der Waals surface area contributed by atoms with Crippen LogP contribution in [0.15, 0.2) is 0 Å². The summed E-state index contributed by atoms with van der Waals surface area (Å²) in [6.45, 7) is 0. The van der Waals surface area contributed by atoms with Gasteiger partial charge in [0, 0.05) is 10.8 Å². The second kappa shape index (κ2) is 3.38. The molecule has 2 nitrogen and oxygen atoms in total. The van der Waals surface area contributed by atoms with E-state index in [1.807, 2.05) is 0 Å². The van der Waals surface area contributed by atoms with Gasteiger partial charge in [0.1, 0.15) is 0 Å². The quantitative estimate of drug-likeness (QED) is 0.710. The summed E-state index contributed by atoms with van der Waals surface area (Å²) in [5, 5.41) is 10.6. The van der Waals surface area contributed by atoms with Crippen LogP contribution >= 0.6 is 11.6 Å². The Morgan fingerprint density at radius 3 is 2.38 bits per heavy atom. The van der Waals surface area contributed by atoms with Crippen LogP contribution in [0.3, 0.4) is 0 Å². The molecule has 4 aliphatic rings. The Bertz CT molecular complexity index is 312. The van der Waals surface area contributed by atoms with Crippen molar-refractivity contribution in [1.29, 1.82) is 0 Å². The van der Waals surface area contributed by atoms with Crippen LogP contribution in [-0.4, -0.2) is 10.8 Å². The summed E-state index contributed by atoms with van der Waals surface area (Å²) < 4.78 is 0. The Balaban J connectivity index is 1.78. The monoisotopic (exact) mass is 241 g/mol. The van der Waals surface area contributed by atoms with Crippen LogP contribution in [0.4, 0.5) is 0 Å². The molecule has 3 heteroatoms. The predicted molar refractivity (Wildman–Crippen MR) is 59.9 cm³/mol. The maximum atomic E-state index is 10.6. The SMILES string of the molecule is O=C([O-])CCC12C[C@@H]3C[C@@H](CC(Cl)(C3)C1)C2. The molecule has 0 aliphatic heterocycles. The molecule has 2 unspecified atom stereocenters. The summed E-state index contributed by atoms with van der Waals surface area (Å²) >= 11 is 6.67. The van der Waals surface area contributed by atoms with E-state index >= 15 is 0 Å². The first kappa shape index (κ1) is 10.9. The predicted octanol–water partition coefficient (Wildman–Crippen LogP) is 2.09. The first-order chi connectivity index (χ1) is 7.49. The minimum Gasteiger partial charge on any atom is -0.550 e. The molecule has 0 aromatic rings. The average molecular weight is 242 g/mol. The highest BCUT2D eigenvalue weighted by Crippen LogP contribution is 2.65. The van der Waals surface area contributed by atoms with Gasteiger partial charge in [0.2, 0.25) is 0 Å². The number of carbonyl (C=O) groups excluding carboxylic acids is 1. The minimum atomic E-state index is -0.903. The van der Waals surface area contributed by atoms with Gasteiger partial charge >= 0.3 is 0 Å². The maximum absolute atomic E-state index is 10.6. The van der Waals surface area contributed by atoms with Gasteiger partial charge in [-0.15, -0.1) is 11.6 Å². The Kier molecular flexibility index (Phi) is 2.30. The van der Waals surface area contributed by atoms with Crippen molar-refractivity contribution in [3.63, 3.8) is 0 Å². The molecule has 0 amide bonds. The molecule has 16 heavy (non-hydrogen) atoms. The molecule has 0 spiro atoms. The smallest absolute Gasteiger partial charge is 0.0457 e. The van der Waals surface area contributed by atoms with Gasteiger partial charge in [-0.1, -0.05) is 0 Å². The third kappa shape index (κ3) is 1.75. The average Bonchev–Trinajstić information content (AvgIpc) is 2.10. The van der Waals surface area contributed by atoms with Crippen LogP contribution in [0, 0.1) is 17.3 Å². The molecule has 0 N–H and O–H groups in total. The molecule has 4 rings (SSSR count). The number of hydrogen-bond donors (Lipinski definition) is 0. The van der Waals surface area contributed by atoms with Gasteiger partial charge < -0.3 is 9.90 Å². The van der Waals surface area contributed by atoms with E-state index in [0.29, 0.717) is 0 Å². The fraction of sp³-hybridized carbons (Fsp3) is 0.923. The Hall–Kier alpha value is -0.240. The lowest BCUT2D eigenvalue weighted by Gasteiger charge is -2.60. The minimum absolute atomic E-state index is 0.00994. The maximum Gasteiger partial charge on any atom is 0.0457 e. The zero-order valence-electron chi connectivity index (χ0n) is 9.51. The first-order valence-corrected chi connectivity index (χ1v) is 6.75. The number of hydrogen-bond acceptors (Lipinski definition) is 2. The Morgan fingerprint density at radius 1 is 1.25 bits per heavy atom. The number of halogens is 1. The van der Waals surface area contributed by atoms with E-state index in [1.54, 1.807) is 0 Å². The molecule has 0 aromatic heterocycles. The second-order valence-corrected chi connectivity index (χ2v) is 7.29. The molecule has 0 heterocycles. The Labute approximate surface area is 101 Å². The van der Waals surface area contributed by atoms with Crippen molar-refractivity contribution in [2.24, 2.45) is 17.3 Å². The lowest BCUT2D eigenvalue weighted by atomic mass is 9.48. The van der Waals surface area contributed by atoms with Crippen molar-refractivity contribution in [2.45, 2.75) is 56.2 Å².